The van der Waals surface area contributed by atoms with Gasteiger partial charge in [0.05, 0.1) is 6.07 Å². The molecule has 1 amide bonds. The molecule has 4 heteroatoms. The first-order valence-electron chi connectivity index (χ1n) is 2.38. The molecule has 0 aliphatic carbocycles. The molecule has 0 fully saturated rings. The Balaban J connectivity index is 2.58. The molecule has 0 aliphatic heterocycles. The van der Waals surface area contributed by atoms with Gasteiger partial charge in [-0.25, -0.2) is 0 Å². The third kappa shape index (κ3) is 1.56. The molecule has 0 unspecified atom stereocenters. The van der Waals surface area contributed by atoms with Crippen molar-refractivity contribution in [2.45, 2.75) is 6.92 Å². The summed E-state index contributed by atoms with van der Waals surface area (Å²) in [5, 5.41) is 5.78. The molecule has 0 spiro atoms. The summed E-state index contributed by atoms with van der Waals surface area (Å²) < 4.78 is 4.40. The van der Waals surface area contributed by atoms with Crippen LogP contribution in [0.25, 0.3) is 0 Å². The molecule has 1 N–H and O–H groups in total. The van der Waals surface area contributed by atoms with Crippen molar-refractivity contribution in [2.75, 3.05) is 5.32 Å². The first-order valence-corrected chi connectivity index (χ1v) is 2.38. The van der Waals surface area contributed by atoms with Gasteiger partial charge in [-0.05, 0) is 0 Å². The summed E-state index contributed by atoms with van der Waals surface area (Å²) >= 11 is 0. The smallest absolute Gasteiger partial charge is 0.222 e. The SMILES string of the molecule is CC(=O)Nc1[c]con1. The van der Waals surface area contributed by atoms with Crippen molar-refractivity contribution in [3.05, 3.63) is 12.3 Å². The summed E-state index contributed by atoms with van der Waals surface area (Å²) in [6, 6.07) is 2.56. The van der Waals surface area contributed by atoms with Crippen LogP contribution in [0, 0.1) is 6.07 Å². The molecule has 1 heterocycles. The van der Waals surface area contributed by atoms with E-state index in [0.717, 1.165) is 0 Å². The highest BCUT2D eigenvalue weighted by Crippen LogP contribution is 1.97. The highest BCUT2D eigenvalue weighted by Gasteiger charge is 1.95. The second-order valence-corrected chi connectivity index (χ2v) is 1.49. The zero-order valence-electron chi connectivity index (χ0n) is 4.84. The van der Waals surface area contributed by atoms with Gasteiger partial charge in [0.25, 0.3) is 0 Å². The van der Waals surface area contributed by atoms with E-state index in [-0.39, 0.29) is 5.91 Å². The number of carbonyl (C=O) groups excluding carboxylic acids is 1. The minimum absolute atomic E-state index is 0.180. The van der Waals surface area contributed by atoms with Crippen LogP contribution in [0.2, 0.25) is 0 Å². The average molecular weight is 125 g/mol. The normalized spacial score (nSPS) is 9.00. The monoisotopic (exact) mass is 125 g/mol. The molecule has 1 rings (SSSR count). The predicted molar refractivity (Wildman–Crippen MR) is 29.6 cm³/mol. The third-order valence-corrected chi connectivity index (χ3v) is 0.687. The maximum atomic E-state index is 10.3. The maximum absolute atomic E-state index is 10.3. The summed E-state index contributed by atoms with van der Waals surface area (Å²) in [5.41, 5.74) is 0. The summed E-state index contributed by atoms with van der Waals surface area (Å²) in [7, 11) is 0. The number of anilines is 1. The Kier molecular flexibility index (Phi) is 1.48. The molecule has 1 aromatic rings. The van der Waals surface area contributed by atoms with E-state index in [0.29, 0.717) is 5.82 Å². The van der Waals surface area contributed by atoms with Crippen molar-refractivity contribution in [1.29, 1.82) is 0 Å². The minimum atomic E-state index is -0.180. The van der Waals surface area contributed by atoms with Gasteiger partial charge in [-0.2, -0.15) is 0 Å². The van der Waals surface area contributed by atoms with E-state index in [9.17, 15) is 4.79 Å². The average Bonchev–Trinajstić information content (AvgIpc) is 2.15. The van der Waals surface area contributed by atoms with Crippen LogP contribution in [0.3, 0.4) is 0 Å². The van der Waals surface area contributed by atoms with E-state index in [1.807, 2.05) is 0 Å². The molecule has 0 saturated carbocycles. The van der Waals surface area contributed by atoms with Crippen LogP contribution in [0.5, 0.6) is 0 Å². The summed E-state index contributed by atoms with van der Waals surface area (Å²) in [6.45, 7) is 1.39. The second-order valence-electron chi connectivity index (χ2n) is 1.49. The van der Waals surface area contributed by atoms with Crippen molar-refractivity contribution in [3.63, 3.8) is 0 Å². The van der Waals surface area contributed by atoms with E-state index in [4.69, 9.17) is 0 Å². The molecule has 47 valence electrons. The highest BCUT2D eigenvalue weighted by molar-refractivity contribution is 5.87. The zero-order chi connectivity index (χ0) is 6.69. The lowest BCUT2D eigenvalue weighted by molar-refractivity contribution is -0.114. The second kappa shape index (κ2) is 2.30. The number of nitrogens with zero attached hydrogens (tertiary/aromatic N) is 1. The van der Waals surface area contributed by atoms with Crippen molar-refractivity contribution in [2.24, 2.45) is 0 Å². The molecule has 0 bridgehead atoms. The van der Waals surface area contributed by atoms with Crippen LogP contribution < -0.4 is 5.32 Å². The van der Waals surface area contributed by atoms with E-state index >= 15 is 0 Å². The fraction of sp³-hybridized carbons (Fsp3) is 0.200. The number of aromatic nitrogens is 1. The van der Waals surface area contributed by atoms with Gasteiger partial charge >= 0.3 is 0 Å². The summed E-state index contributed by atoms with van der Waals surface area (Å²) in [5.74, 6) is 0.141. The van der Waals surface area contributed by atoms with Crippen molar-refractivity contribution >= 4 is 11.7 Å². The standard InChI is InChI=1S/C5H5N2O2/c1-4(8)6-5-2-3-9-7-5/h3H,1H3,(H,6,7,8). The Bertz CT molecular complexity index is 193. The first-order chi connectivity index (χ1) is 4.29. The van der Waals surface area contributed by atoms with Crippen LogP contribution in [-0.2, 0) is 4.79 Å². The lowest BCUT2D eigenvalue weighted by Gasteiger charge is -1.89. The van der Waals surface area contributed by atoms with Crippen LogP contribution in [0.1, 0.15) is 6.92 Å². The van der Waals surface area contributed by atoms with Gasteiger partial charge < -0.3 is 9.84 Å². The number of amides is 1. The molecule has 1 aromatic heterocycles. The lowest BCUT2D eigenvalue weighted by Crippen LogP contribution is -2.05. The van der Waals surface area contributed by atoms with E-state index < -0.39 is 0 Å². The summed E-state index contributed by atoms with van der Waals surface area (Å²) in [4.78, 5) is 10.3. The number of rotatable bonds is 1. The lowest BCUT2D eigenvalue weighted by atomic mass is 10.6. The van der Waals surface area contributed by atoms with Crippen molar-refractivity contribution < 1.29 is 9.32 Å². The third-order valence-electron chi connectivity index (χ3n) is 0.687. The van der Waals surface area contributed by atoms with Crippen LogP contribution in [-0.4, -0.2) is 11.1 Å². The number of nitrogens with one attached hydrogen (secondary N) is 1. The van der Waals surface area contributed by atoms with E-state index in [2.05, 4.69) is 21.1 Å². The quantitative estimate of drug-likeness (QED) is 0.592. The molecule has 9 heavy (non-hydrogen) atoms. The Morgan fingerprint density at radius 2 is 2.78 bits per heavy atom. The number of hydrogen-bond donors (Lipinski definition) is 1. The summed E-state index contributed by atoms with van der Waals surface area (Å²) in [6.07, 6.45) is 1.27. The van der Waals surface area contributed by atoms with Gasteiger partial charge in [-0.1, -0.05) is 5.16 Å². The molecule has 1 radical (unpaired) electrons. The topological polar surface area (TPSA) is 55.1 Å². The van der Waals surface area contributed by atoms with E-state index in [1.54, 1.807) is 0 Å². The van der Waals surface area contributed by atoms with Gasteiger partial charge in [-0.15, -0.1) is 0 Å². The molecule has 0 aliphatic rings. The fourth-order valence-electron chi connectivity index (χ4n) is 0.413. The Morgan fingerprint density at radius 3 is 3.22 bits per heavy atom. The molecule has 4 nitrogen and oxygen atoms in total. The van der Waals surface area contributed by atoms with Crippen LogP contribution >= 0.6 is 0 Å². The molecule has 0 saturated heterocycles. The largest absolute Gasteiger partial charge is 0.362 e. The number of carbonyl (C=O) groups is 1. The van der Waals surface area contributed by atoms with Gasteiger partial charge in [0.2, 0.25) is 5.91 Å². The van der Waals surface area contributed by atoms with Crippen LogP contribution in [0.4, 0.5) is 5.82 Å². The van der Waals surface area contributed by atoms with Gasteiger partial charge in [0, 0.05) is 6.92 Å². The molecular weight excluding hydrogens is 120 g/mol. The zero-order valence-corrected chi connectivity index (χ0v) is 4.84. The van der Waals surface area contributed by atoms with Crippen molar-refractivity contribution in [3.8, 4) is 0 Å². The molecular formula is C5H5N2O2. The van der Waals surface area contributed by atoms with Gasteiger partial charge in [0.1, 0.15) is 6.26 Å². The molecule has 0 aromatic carbocycles. The Labute approximate surface area is 51.8 Å². The minimum Gasteiger partial charge on any atom is -0.362 e. The van der Waals surface area contributed by atoms with E-state index in [1.165, 1.54) is 13.2 Å². The van der Waals surface area contributed by atoms with Crippen LogP contribution in [0.15, 0.2) is 10.8 Å². The Morgan fingerprint density at radius 1 is 2.00 bits per heavy atom. The maximum Gasteiger partial charge on any atom is 0.222 e. The van der Waals surface area contributed by atoms with Crippen molar-refractivity contribution in [1.82, 2.24) is 5.16 Å². The predicted octanol–water partition coefficient (Wildman–Crippen LogP) is 0.433. The highest BCUT2D eigenvalue weighted by atomic mass is 16.5. The molecule has 0 atom stereocenters. The fourth-order valence-corrected chi connectivity index (χ4v) is 0.413. The van der Waals surface area contributed by atoms with Gasteiger partial charge in [-0.3, -0.25) is 4.79 Å². The number of hydrogen-bond acceptors (Lipinski definition) is 3. The first kappa shape index (κ1) is 5.81. The Hall–Kier alpha value is -1.32. The van der Waals surface area contributed by atoms with Gasteiger partial charge in [0.15, 0.2) is 5.82 Å².